The average Bonchev–Trinajstić information content (AvgIpc) is 2.47. The molecule has 0 aliphatic rings. The lowest BCUT2D eigenvalue weighted by Crippen LogP contribution is -2.07. The van der Waals surface area contributed by atoms with Gasteiger partial charge in [0.1, 0.15) is 17.4 Å². The number of methoxy groups -OCH3 is 1. The topological polar surface area (TPSA) is 26.3 Å². The van der Waals surface area contributed by atoms with Crippen LogP contribution < -0.4 is 4.74 Å². The summed E-state index contributed by atoms with van der Waals surface area (Å²) < 4.78 is 32.5. The second kappa shape index (κ2) is 6.13. The zero-order valence-electron chi connectivity index (χ0n) is 10.6. The van der Waals surface area contributed by atoms with Crippen molar-refractivity contribution in [3.63, 3.8) is 0 Å². The highest BCUT2D eigenvalue weighted by Crippen LogP contribution is 2.23. The molecule has 2 aromatic rings. The molecular weight excluding hydrogens is 330 g/mol. The molecule has 5 heteroatoms. The summed E-state index contributed by atoms with van der Waals surface area (Å²) >= 11 is 2.98. The van der Waals surface area contributed by atoms with Crippen LogP contribution in [0.25, 0.3) is 0 Å². The number of benzene rings is 2. The maximum atomic E-state index is 13.8. The summed E-state index contributed by atoms with van der Waals surface area (Å²) in [7, 11) is 1.52. The van der Waals surface area contributed by atoms with Gasteiger partial charge in [-0.15, -0.1) is 0 Å². The Hall–Kier alpha value is -1.75. The van der Waals surface area contributed by atoms with Gasteiger partial charge in [-0.3, -0.25) is 4.79 Å². The van der Waals surface area contributed by atoms with E-state index in [0.717, 1.165) is 6.07 Å². The van der Waals surface area contributed by atoms with Crippen molar-refractivity contribution in [3.8, 4) is 5.75 Å². The van der Waals surface area contributed by atoms with Crippen LogP contribution in [-0.4, -0.2) is 12.9 Å². The minimum Gasteiger partial charge on any atom is -0.497 e. The van der Waals surface area contributed by atoms with Crippen LogP contribution in [0.5, 0.6) is 5.75 Å². The van der Waals surface area contributed by atoms with Gasteiger partial charge in [0.05, 0.1) is 11.6 Å². The number of hydrogen-bond acceptors (Lipinski definition) is 2. The highest BCUT2D eigenvalue weighted by atomic mass is 79.9. The van der Waals surface area contributed by atoms with E-state index in [2.05, 4.69) is 15.9 Å². The molecule has 2 aromatic carbocycles. The fraction of sp³-hybridized carbons (Fsp3) is 0.133. The van der Waals surface area contributed by atoms with Crippen molar-refractivity contribution in [2.24, 2.45) is 0 Å². The lowest BCUT2D eigenvalue weighted by atomic mass is 10.0. The van der Waals surface area contributed by atoms with Crippen LogP contribution in [-0.2, 0) is 6.42 Å². The van der Waals surface area contributed by atoms with Crippen molar-refractivity contribution in [1.82, 2.24) is 0 Å². The largest absolute Gasteiger partial charge is 0.497 e. The predicted molar refractivity (Wildman–Crippen MR) is 75.1 cm³/mol. The zero-order valence-corrected chi connectivity index (χ0v) is 12.2. The van der Waals surface area contributed by atoms with Gasteiger partial charge in [0, 0.05) is 17.5 Å². The molecule has 0 N–H and O–H groups in total. The molecule has 0 spiro atoms. The molecule has 0 aliphatic carbocycles. The summed E-state index contributed by atoms with van der Waals surface area (Å²) in [6.45, 7) is 0. The van der Waals surface area contributed by atoms with Gasteiger partial charge in [-0.1, -0.05) is 0 Å². The third kappa shape index (κ3) is 3.04. The van der Waals surface area contributed by atoms with E-state index in [1.807, 2.05) is 0 Å². The first-order valence-electron chi connectivity index (χ1n) is 5.82. The van der Waals surface area contributed by atoms with Gasteiger partial charge in [-0.05, 0) is 52.3 Å². The number of Topliss-reactive ketones (excluding diaryl/α,β-unsaturated/α-hetero) is 1. The van der Waals surface area contributed by atoms with Gasteiger partial charge in [0.2, 0.25) is 0 Å². The second-order valence-corrected chi connectivity index (χ2v) is 5.00. The van der Waals surface area contributed by atoms with Crippen molar-refractivity contribution >= 4 is 21.7 Å². The summed E-state index contributed by atoms with van der Waals surface area (Å²) in [5.41, 5.74) is 0.143. The van der Waals surface area contributed by atoms with E-state index in [9.17, 15) is 13.6 Å². The fourth-order valence-corrected chi connectivity index (χ4v) is 2.14. The van der Waals surface area contributed by atoms with Gasteiger partial charge in [0.15, 0.2) is 5.78 Å². The first-order valence-corrected chi connectivity index (χ1v) is 6.62. The molecule has 0 saturated carbocycles. The fourth-order valence-electron chi connectivity index (χ4n) is 1.77. The molecule has 0 atom stereocenters. The van der Waals surface area contributed by atoms with Crippen molar-refractivity contribution < 1.29 is 18.3 Å². The number of carbonyl (C=O) groups is 1. The lowest BCUT2D eigenvalue weighted by Gasteiger charge is -2.07. The maximum Gasteiger partial charge on any atom is 0.167 e. The van der Waals surface area contributed by atoms with Gasteiger partial charge >= 0.3 is 0 Å². The van der Waals surface area contributed by atoms with Gasteiger partial charge < -0.3 is 4.74 Å². The highest BCUT2D eigenvalue weighted by Gasteiger charge is 2.16. The third-order valence-corrected chi connectivity index (χ3v) is 3.50. The molecular formula is C15H11BrF2O2. The van der Waals surface area contributed by atoms with Crippen LogP contribution in [0.1, 0.15) is 15.9 Å². The van der Waals surface area contributed by atoms with Gasteiger partial charge in [0.25, 0.3) is 0 Å². The van der Waals surface area contributed by atoms with Crippen molar-refractivity contribution in [2.75, 3.05) is 7.11 Å². The number of halogens is 3. The maximum absolute atomic E-state index is 13.8. The number of carbonyl (C=O) groups excluding carboxylic acids is 1. The van der Waals surface area contributed by atoms with Crippen LogP contribution in [0.4, 0.5) is 8.78 Å². The molecule has 0 heterocycles. The van der Waals surface area contributed by atoms with Gasteiger partial charge in [-0.25, -0.2) is 8.78 Å². The summed E-state index contributed by atoms with van der Waals surface area (Å²) in [6, 6.07) is 8.78. The Kier molecular flexibility index (Phi) is 4.49. The van der Waals surface area contributed by atoms with Crippen LogP contribution in [0.3, 0.4) is 0 Å². The van der Waals surface area contributed by atoms with Crippen molar-refractivity contribution in [3.05, 3.63) is 63.6 Å². The van der Waals surface area contributed by atoms with E-state index in [0.29, 0.717) is 11.3 Å². The molecule has 0 saturated heterocycles. The van der Waals surface area contributed by atoms with Crippen LogP contribution >= 0.6 is 15.9 Å². The normalized spacial score (nSPS) is 10.4. The van der Waals surface area contributed by atoms with E-state index < -0.39 is 11.6 Å². The molecule has 0 unspecified atom stereocenters. The molecule has 2 nitrogen and oxygen atoms in total. The molecule has 0 aliphatic heterocycles. The van der Waals surface area contributed by atoms with Crippen LogP contribution in [0.15, 0.2) is 40.9 Å². The van der Waals surface area contributed by atoms with Crippen molar-refractivity contribution in [2.45, 2.75) is 6.42 Å². The molecule has 104 valence electrons. The summed E-state index contributed by atoms with van der Waals surface area (Å²) in [6.07, 6.45) is -0.330. The van der Waals surface area contributed by atoms with E-state index in [1.165, 1.54) is 13.2 Å². The number of hydrogen-bond donors (Lipinski definition) is 0. The monoisotopic (exact) mass is 340 g/mol. The Labute approximate surface area is 123 Å². The average molecular weight is 341 g/mol. The van der Waals surface area contributed by atoms with E-state index in [4.69, 9.17) is 4.74 Å². The third-order valence-electron chi connectivity index (χ3n) is 2.89. The molecule has 0 aromatic heterocycles. The Bertz CT molecular complexity index is 639. The molecule has 0 bridgehead atoms. The summed E-state index contributed by atoms with van der Waals surface area (Å²) in [5, 5.41) is 0. The van der Waals surface area contributed by atoms with Gasteiger partial charge in [-0.2, -0.15) is 0 Å². The lowest BCUT2D eigenvalue weighted by molar-refractivity contribution is 0.0990. The minimum atomic E-state index is -0.744. The molecule has 2 rings (SSSR count). The van der Waals surface area contributed by atoms with E-state index in [1.54, 1.807) is 24.3 Å². The molecule has 0 radical (unpaired) electrons. The van der Waals surface area contributed by atoms with E-state index >= 15 is 0 Å². The second-order valence-electron chi connectivity index (χ2n) is 4.15. The Balaban J connectivity index is 2.25. The smallest absolute Gasteiger partial charge is 0.167 e. The highest BCUT2D eigenvalue weighted by molar-refractivity contribution is 9.10. The quantitative estimate of drug-likeness (QED) is 0.617. The Morgan fingerprint density at radius 2 is 1.80 bits per heavy atom. The standard InChI is InChI=1S/C15H11BrF2O2/c1-20-10-4-2-9(3-5-10)14(19)8-11-13(17)7-6-12(16)15(11)18/h2-7H,8H2,1H3. The van der Waals surface area contributed by atoms with Crippen LogP contribution in [0, 0.1) is 11.6 Å². The Morgan fingerprint density at radius 3 is 2.40 bits per heavy atom. The predicted octanol–water partition coefficient (Wildman–Crippen LogP) is 4.16. The molecule has 20 heavy (non-hydrogen) atoms. The first-order chi connectivity index (χ1) is 9.52. The summed E-state index contributed by atoms with van der Waals surface area (Å²) in [4.78, 5) is 12.0. The SMILES string of the molecule is COc1ccc(C(=O)Cc2c(F)ccc(Br)c2F)cc1. The van der Waals surface area contributed by atoms with Crippen LogP contribution in [0.2, 0.25) is 0 Å². The minimum absolute atomic E-state index is 0.136. The van der Waals surface area contributed by atoms with E-state index in [-0.39, 0.29) is 22.2 Å². The zero-order chi connectivity index (χ0) is 14.7. The number of ether oxygens (including phenoxy) is 1. The first kappa shape index (κ1) is 14.7. The number of ketones is 1. The Morgan fingerprint density at radius 1 is 1.15 bits per heavy atom. The summed E-state index contributed by atoms with van der Waals surface area (Å²) in [5.74, 6) is -1.22. The molecule has 0 fully saturated rings. The van der Waals surface area contributed by atoms with Crippen molar-refractivity contribution in [1.29, 1.82) is 0 Å². The number of rotatable bonds is 4. The molecule has 0 amide bonds.